The summed E-state index contributed by atoms with van der Waals surface area (Å²) in [4.78, 5) is 10.7. The van der Waals surface area contributed by atoms with E-state index in [1.807, 2.05) is 6.92 Å². The number of pyridine rings is 1. The summed E-state index contributed by atoms with van der Waals surface area (Å²) in [5.74, 6) is 0.454. The fourth-order valence-electron chi connectivity index (χ4n) is 1.80. The number of carbonyl (C=O) groups is 1. The third-order valence-electron chi connectivity index (χ3n) is 2.57. The van der Waals surface area contributed by atoms with E-state index in [0.717, 1.165) is 12.5 Å². The molecule has 4 nitrogen and oxygen atoms in total. The fraction of sp³-hybridized carbons (Fsp3) is 0.364. The van der Waals surface area contributed by atoms with E-state index in [2.05, 4.69) is 10.2 Å². The van der Waals surface area contributed by atoms with E-state index >= 15 is 0 Å². The first-order valence-corrected chi connectivity index (χ1v) is 5.38. The van der Waals surface area contributed by atoms with Crippen molar-refractivity contribution in [3.05, 3.63) is 29.2 Å². The number of rotatable bonds is 3. The van der Waals surface area contributed by atoms with Gasteiger partial charge in [-0.1, -0.05) is 6.92 Å². The third kappa shape index (κ3) is 1.96. The van der Waals surface area contributed by atoms with Gasteiger partial charge in [-0.3, -0.25) is 9.20 Å². The van der Waals surface area contributed by atoms with Gasteiger partial charge in [-0.2, -0.15) is 13.2 Å². The van der Waals surface area contributed by atoms with Gasteiger partial charge >= 0.3 is 6.18 Å². The van der Waals surface area contributed by atoms with Gasteiger partial charge in [0, 0.05) is 18.2 Å². The van der Waals surface area contributed by atoms with Crippen LogP contribution >= 0.6 is 0 Å². The summed E-state index contributed by atoms with van der Waals surface area (Å²) in [5, 5.41) is 7.28. The molecular formula is C11H10F3N3O. The number of hydrogen-bond donors (Lipinski definition) is 0. The Morgan fingerprint density at radius 3 is 2.67 bits per heavy atom. The van der Waals surface area contributed by atoms with Gasteiger partial charge in [-0.25, -0.2) is 0 Å². The lowest BCUT2D eigenvalue weighted by molar-refractivity contribution is -0.136. The monoisotopic (exact) mass is 257 g/mol. The van der Waals surface area contributed by atoms with Crippen molar-refractivity contribution in [2.45, 2.75) is 25.9 Å². The molecule has 0 radical (unpaired) electrons. The number of aldehydes is 1. The SMILES string of the molecule is CCCc1nnc2c(C(F)(F)F)c(C=O)ccn12. The van der Waals surface area contributed by atoms with E-state index in [1.54, 1.807) is 0 Å². The summed E-state index contributed by atoms with van der Waals surface area (Å²) in [7, 11) is 0. The Labute approximate surface area is 100 Å². The van der Waals surface area contributed by atoms with Gasteiger partial charge in [-0.05, 0) is 12.5 Å². The van der Waals surface area contributed by atoms with Crippen LogP contribution in [0.2, 0.25) is 0 Å². The molecule has 0 atom stereocenters. The molecule has 0 saturated carbocycles. The van der Waals surface area contributed by atoms with Crippen molar-refractivity contribution in [2.75, 3.05) is 0 Å². The van der Waals surface area contributed by atoms with Crippen molar-refractivity contribution in [3.8, 4) is 0 Å². The minimum absolute atomic E-state index is 0.178. The molecule has 7 heteroatoms. The molecule has 2 aromatic heterocycles. The maximum atomic E-state index is 12.9. The van der Waals surface area contributed by atoms with Gasteiger partial charge in [0.1, 0.15) is 11.4 Å². The number of alkyl halides is 3. The van der Waals surface area contributed by atoms with Crippen LogP contribution in [-0.2, 0) is 12.6 Å². The van der Waals surface area contributed by atoms with Crippen LogP contribution in [-0.4, -0.2) is 20.9 Å². The van der Waals surface area contributed by atoms with Crippen molar-refractivity contribution in [3.63, 3.8) is 0 Å². The highest BCUT2D eigenvalue weighted by Crippen LogP contribution is 2.34. The third-order valence-corrected chi connectivity index (χ3v) is 2.57. The Balaban J connectivity index is 2.75. The fourth-order valence-corrected chi connectivity index (χ4v) is 1.80. The summed E-state index contributed by atoms with van der Waals surface area (Å²) in [6.07, 6.45) is -1.79. The van der Waals surface area contributed by atoms with E-state index in [1.165, 1.54) is 10.6 Å². The van der Waals surface area contributed by atoms with Crippen molar-refractivity contribution in [1.29, 1.82) is 0 Å². The summed E-state index contributed by atoms with van der Waals surface area (Å²) in [5.41, 5.74) is -1.78. The standard InChI is InChI=1S/C11H10F3N3O/c1-2-3-8-15-16-10-9(11(12,13)14)7(6-18)4-5-17(8)10/h4-6H,2-3H2,1H3. The number of fused-ring (bicyclic) bond motifs is 1. The second-order valence-corrected chi connectivity index (χ2v) is 3.82. The van der Waals surface area contributed by atoms with Crippen LogP contribution in [0.25, 0.3) is 5.65 Å². The average molecular weight is 257 g/mol. The molecule has 2 rings (SSSR count). The minimum Gasteiger partial charge on any atom is -0.298 e. The first kappa shape index (κ1) is 12.5. The number of halogens is 3. The molecule has 0 bridgehead atoms. The van der Waals surface area contributed by atoms with Crippen LogP contribution in [0.1, 0.15) is 35.1 Å². The van der Waals surface area contributed by atoms with Gasteiger partial charge in [0.25, 0.3) is 0 Å². The van der Waals surface area contributed by atoms with Gasteiger partial charge in [0.15, 0.2) is 11.9 Å². The van der Waals surface area contributed by atoms with E-state index in [-0.39, 0.29) is 11.9 Å². The topological polar surface area (TPSA) is 47.3 Å². The molecule has 0 fully saturated rings. The Morgan fingerprint density at radius 1 is 1.39 bits per heavy atom. The second-order valence-electron chi connectivity index (χ2n) is 3.82. The van der Waals surface area contributed by atoms with Crippen LogP contribution in [0.3, 0.4) is 0 Å². The molecule has 0 aliphatic rings. The highest BCUT2D eigenvalue weighted by atomic mass is 19.4. The van der Waals surface area contributed by atoms with Crippen LogP contribution in [0.4, 0.5) is 13.2 Å². The molecule has 0 aliphatic carbocycles. The van der Waals surface area contributed by atoms with Crippen LogP contribution in [0, 0.1) is 0 Å². The number of nitrogens with zero attached hydrogens (tertiary/aromatic N) is 3. The molecule has 2 heterocycles. The first-order chi connectivity index (χ1) is 8.49. The van der Waals surface area contributed by atoms with E-state index < -0.39 is 17.3 Å². The van der Waals surface area contributed by atoms with Crippen molar-refractivity contribution >= 4 is 11.9 Å². The molecule has 0 aliphatic heterocycles. The highest BCUT2D eigenvalue weighted by molar-refractivity contribution is 5.81. The number of hydrogen-bond acceptors (Lipinski definition) is 3. The van der Waals surface area contributed by atoms with E-state index in [4.69, 9.17) is 0 Å². The highest BCUT2D eigenvalue weighted by Gasteiger charge is 2.37. The van der Waals surface area contributed by atoms with Gasteiger partial charge in [0.05, 0.1) is 0 Å². The Kier molecular flexibility index (Phi) is 3.06. The molecule has 2 aromatic rings. The molecule has 96 valence electrons. The largest absolute Gasteiger partial charge is 0.420 e. The molecule has 0 amide bonds. The Morgan fingerprint density at radius 2 is 2.11 bits per heavy atom. The van der Waals surface area contributed by atoms with Crippen molar-refractivity contribution in [1.82, 2.24) is 14.6 Å². The summed E-state index contributed by atoms with van der Waals surface area (Å²) >= 11 is 0. The molecular weight excluding hydrogens is 247 g/mol. The van der Waals surface area contributed by atoms with Gasteiger partial charge in [-0.15, -0.1) is 10.2 Å². The Bertz CT molecular complexity index is 589. The first-order valence-electron chi connectivity index (χ1n) is 5.38. The Hall–Kier alpha value is -1.92. The predicted molar refractivity (Wildman–Crippen MR) is 57.4 cm³/mol. The summed E-state index contributed by atoms with van der Waals surface area (Å²) in [6.45, 7) is 1.89. The lowest BCUT2D eigenvalue weighted by Crippen LogP contribution is -2.12. The number of aryl methyl sites for hydroxylation is 1. The summed E-state index contributed by atoms with van der Waals surface area (Å²) in [6, 6.07) is 1.13. The van der Waals surface area contributed by atoms with Crippen LogP contribution < -0.4 is 0 Å². The lowest BCUT2D eigenvalue weighted by atomic mass is 10.1. The number of aromatic nitrogens is 3. The van der Waals surface area contributed by atoms with E-state index in [0.29, 0.717) is 12.2 Å². The molecule has 0 N–H and O–H groups in total. The molecule has 0 saturated heterocycles. The zero-order chi connectivity index (χ0) is 13.3. The van der Waals surface area contributed by atoms with Crippen molar-refractivity contribution in [2.24, 2.45) is 0 Å². The molecule has 0 unspecified atom stereocenters. The normalized spacial score (nSPS) is 12.0. The van der Waals surface area contributed by atoms with E-state index in [9.17, 15) is 18.0 Å². The van der Waals surface area contributed by atoms with Gasteiger partial charge in [0.2, 0.25) is 0 Å². The maximum Gasteiger partial charge on any atom is 0.420 e. The van der Waals surface area contributed by atoms with Crippen LogP contribution in [0.5, 0.6) is 0 Å². The quantitative estimate of drug-likeness (QED) is 0.794. The average Bonchev–Trinajstić information content (AvgIpc) is 2.70. The summed E-state index contributed by atoms with van der Waals surface area (Å²) < 4.78 is 40.0. The van der Waals surface area contributed by atoms with Gasteiger partial charge < -0.3 is 0 Å². The molecule has 0 aromatic carbocycles. The predicted octanol–water partition coefficient (Wildman–Crippen LogP) is 2.51. The minimum atomic E-state index is -4.63. The molecule has 0 spiro atoms. The lowest BCUT2D eigenvalue weighted by Gasteiger charge is -2.10. The van der Waals surface area contributed by atoms with Crippen LogP contribution in [0.15, 0.2) is 12.3 Å². The second kappa shape index (κ2) is 4.40. The smallest absolute Gasteiger partial charge is 0.298 e. The number of carbonyl (C=O) groups excluding carboxylic acids is 1. The zero-order valence-electron chi connectivity index (χ0n) is 9.53. The maximum absolute atomic E-state index is 12.9. The van der Waals surface area contributed by atoms with Crippen molar-refractivity contribution < 1.29 is 18.0 Å². The zero-order valence-corrected chi connectivity index (χ0v) is 9.53. The molecule has 18 heavy (non-hydrogen) atoms.